The van der Waals surface area contributed by atoms with Crippen molar-refractivity contribution in [3.63, 3.8) is 0 Å². The third-order valence-corrected chi connectivity index (χ3v) is 1.30. The first-order valence-electron chi connectivity index (χ1n) is 5.35. The van der Waals surface area contributed by atoms with Crippen molar-refractivity contribution in [1.82, 2.24) is 0 Å². The van der Waals surface area contributed by atoms with E-state index in [0.717, 1.165) is 5.69 Å². The van der Waals surface area contributed by atoms with E-state index >= 15 is 0 Å². The van der Waals surface area contributed by atoms with Crippen molar-refractivity contribution >= 4 is 5.69 Å². The molecule has 0 saturated carbocycles. The SMILES string of the molecule is C/C=C\C=C/C.CC.Nc1ccccc1. The molecule has 84 valence electrons. The number of anilines is 1. The van der Waals surface area contributed by atoms with Crippen molar-refractivity contribution in [3.8, 4) is 0 Å². The van der Waals surface area contributed by atoms with Gasteiger partial charge in [-0.05, 0) is 26.0 Å². The van der Waals surface area contributed by atoms with Gasteiger partial charge in [-0.2, -0.15) is 0 Å². The van der Waals surface area contributed by atoms with E-state index in [-0.39, 0.29) is 0 Å². The van der Waals surface area contributed by atoms with Crippen LogP contribution < -0.4 is 5.73 Å². The van der Waals surface area contributed by atoms with Gasteiger partial charge in [0.25, 0.3) is 0 Å². The Bertz CT molecular complexity index is 237. The fourth-order valence-electron chi connectivity index (χ4n) is 0.675. The van der Waals surface area contributed by atoms with Crippen molar-refractivity contribution in [2.45, 2.75) is 27.7 Å². The molecular formula is C14H23N. The van der Waals surface area contributed by atoms with Gasteiger partial charge in [0, 0.05) is 5.69 Å². The number of allylic oxidation sites excluding steroid dienone is 4. The molecule has 0 aliphatic carbocycles. The molecule has 1 rings (SSSR count). The smallest absolute Gasteiger partial charge is 0.0313 e. The number of nitrogen functional groups attached to an aromatic ring is 1. The number of benzene rings is 1. The van der Waals surface area contributed by atoms with Crippen LogP contribution in [0.25, 0.3) is 0 Å². The lowest BCUT2D eigenvalue weighted by Crippen LogP contribution is -1.79. The van der Waals surface area contributed by atoms with Gasteiger partial charge in [-0.25, -0.2) is 0 Å². The average Bonchev–Trinajstić information content (AvgIpc) is 2.31. The molecule has 0 heterocycles. The molecule has 0 saturated heterocycles. The minimum atomic E-state index is 0.822. The Morgan fingerprint density at radius 1 is 0.867 bits per heavy atom. The highest BCUT2D eigenvalue weighted by Crippen LogP contribution is 1.95. The maximum absolute atomic E-state index is 5.36. The fraction of sp³-hybridized carbons (Fsp3) is 0.286. The van der Waals surface area contributed by atoms with Gasteiger partial charge in [-0.15, -0.1) is 0 Å². The monoisotopic (exact) mass is 205 g/mol. The number of hydrogen-bond acceptors (Lipinski definition) is 1. The number of rotatable bonds is 1. The van der Waals surface area contributed by atoms with Crippen LogP contribution in [0.1, 0.15) is 27.7 Å². The molecule has 15 heavy (non-hydrogen) atoms. The van der Waals surface area contributed by atoms with Crippen LogP contribution in [-0.2, 0) is 0 Å². The van der Waals surface area contributed by atoms with Gasteiger partial charge >= 0.3 is 0 Å². The maximum atomic E-state index is 5.36. The predicted octanol–water partition coefficient (Wildman–Crippen LogP) is 4.43. The molecule has 1 nitrogen and oxygen atoms in total. The van der Waals surface area contributed by atoms with Crippen LogP contribution in [0.2, 0.25) is 0 Å². The molecule has 1 heteroatoms. The number of nitrogens with two attached hydrogens (primary N) is 1. The summed E-state index contributed by atoms with van der Waals surface area (Å²) >= 11 is 0. The van der Waals surface area contributed by atoms with E-state index in [1.165, 1.54) is 0 Å². The predicted molar refractivity (Wildman–Crippen MR) is 71.8 cm³/mol. The van der Waals surface area contributed by atoms with Crippen LogP contribution >= 0.6 is 0 Å². The van der Waals surface area contributed by atoms with E-state index in [0.29, 0.717) is 0 Å². The Kier molecular flexibility index (Phi) is 15.9. The molecular weight excluding hydrogens is 182 g/mol. The Hall–Kier alpha value is -1.50. The molecule has 0 spiro atoms. The minimum absolute atomic E-state index is 0.822. The van der Waals surface area contributed by atoms with Crippen LogP contribution in [0.4, 0.5) is 5.69 Å². The lowest BCUT2D eigenvalue weighted by molar-refractivity contribution is 1.50. The normalized spacial score (nSPS) is 9.07. The van der Waals surface area contributed by atoms with Crippen molar-refractivity contribution in [1.29, 1.82) is 0 Å². The summed E-state index contributed by atoms with van der Waals surface area (Å²) in [4.78, 5) is 0. The molecule has 1 aromatic rings. The quantitative estimate of drug-likeness (QED) is 0.532. The Morgan fingerprint density at radius 2 is 1.27 bits per heavy atom. The van der Waals surface area contributed by atoms with Gasteiger partial charge in [-0.1, -0.05) is 56.4 Å². The summed E-state index contributed by atoms with van der Waals surface area (Å²) in [5.41, 5.74) is 6.18. The van der Waals surface area contributed by atoms with Crippen LogP contribution in [0, 0.1) is 0 Å². The highest BCUT2D eigenvalue weighted by atomic mass is 14.5. The van der Waals surface area contributed by atoms with Gasteiger partial charge in [0.2, 0.25) is 0 Å². The zero-order valence-electron chi connectivity index (χ0n) is 10.3. The van der Waals surface area contributed by atoms with Gasteiger partial charge in [0.15, 0.2) is 0 Å². The van der Waals surface area contributed by atoms with Crippen LogP contribution in [0.15, 0.2) is 54.6 Å². The summed E-state index contributed by atoms with van der Waals surface area (Å²) in [6.07, 6.45) is 8.00. The van der Waals surface area contributed by atoms with E-state index in [1.807, 2.05) is 82.3 Å². The van der Waals surface area contributed by atoms with Crippen LogP contribution in [0.5, 0.6) is 0 Å². The van der Waals surface area contributed by atoms with Gasteiger partial charge in [0.05, 0.1) is 0 Å². The van der Waals surface area contributed by atoms with E-state index in [9.17, 15) is 0 Å². The summed E-state index contributed by atoms with van der Waals surface area (Å²) < 4.78 is 0. The topological polar surface area (TPSA) is 26.0 Å². The van der Waals surface area contributed by atoms with Crippen molar-refractivity contribution in [2.24, 2.45) is 0 Å². The van der Waals surface area contributed by atoms with E-state index in [2.05, 4.69) is 0 Å². The molecule has 0 atom stereocenters. The molecule has 0 amide bonds. The fourth-order valence-corrected chi connectivity index (χ4v) is 0.675. The van der Waals surface area contributed by atoms with Crippen molar-refractivity contribution < 1.29 is 0 Å². The summed E-state index contributed by atoms with van der Waals surface area (Å²) in [5.74, 6) is 0. The van der Waals surface area contributed by atoms with E-state index in [4.69, 9.17) is 5.73 Å². The third kappa shape index (κ3) is 15.3. The summed E-state index contributed by atoms with van der Waals surface area (Å²) in [6, 6.07) is 9.49. The zero-order chi connectivity index (χ0) is 11.9. The van der Waals surface area contributed by atoms with Crippen LogP contribution in [0.3, 0.4) is 0 Å². The summed E-state index contributed by atoms with van der Waals surface area (Å²) in [6.45, 7) is 8.00. The minimum Gasteiger partial charge on any atom is -0.399 e. The molecule has 2 N–H and O–H groups in total. The highest BCUT2D eigenvalue weighted by molar-refractivity contribution is 5.35. The van der Waals surface area contributed by atoms with Gasteiger partial charge in [0.1, 0.15) is 0 Å². The average molecular weight is 205 g/mol. The third-order valence-electron chi connectivity index (χ3n) is 1.30. The Labute approximate surface area is 94.3 Å². The Balaban J connectivity index is 0. The summed E-state index contributed by atoms with van der Waals surface area (Å²) in [7, 11) is 0. The molecule has 0 radical (unpaired) electrons. The van der Waals surface area contributed by atoms with Crippen molar-refractivity contribution in [3.05, 3.63) is 54.6 Å². The second-order valence-corrected chi connectivity index (χ2v) is 2.46. The molecule has 0 fully saturated rings. The van der Waals surface area contributed by atoms with Crippen molar-refractivity contribution in [2.75, 3.05) is 5.73 Å². The maximum Gasteiger partial charge on any atom is 0.0313 e. The van der Waals surface area contributed by atoms with E-state index in [1.54, 1.807) is 0 Å². The molecule has 0 bridgehead atoms. The largest absolute Gasteiger partial charge is 0.399 e. The van der Waals surface area contributed by atoms with Crippen LogP contribution in [-0.4, -0.2) is 0 Å². The second-order valence-electron chi connectivity index (χ2n) is 2.46. The lowest BCUT2D eigenvalue weighted by Gasteiger charge is -1.83. The molecule has 0 aromatic heterocycles. The Morgan fingerprint density at radius 3 is 1.47 bits per heavy atom. The summed E-state index contributed by atoms with van der Waals surface area (Å²) in [5, 5.41) is 0. The lowest BCUT2D eigenvalue weighted by atomic mass is 10.3. The first-order valence-corrected chi connectivity index (χ1v) is 5.35. The van der Waals surface area contributed by atoms with Gasteiger partial charge < -0.3 is 5.73 Å². The first kappa shape index (κ1) is 15.9. The molecule has 1 aromatic carbocycles. The first-order chi connectivity index (χ1) is 7.31. The molecule has 0 aliphatic rings. The second kappa shape index (κ2) is 15.0. The molecule has 0 aliphatic heterocycles. The van der Waals surface area contributed by atoms with E-state index < -0.39 is 0 Å². The van der Waals surface area contributed by atoms with Gasteiger partial charge in [-0.3, -0.25) is 0 Å². The number of hydrogen-bond donors (Lipinski definition) is 1. The zero-order valence-corrected chi connectivity index (χ0v) is 10.3. The standard InChI is InChI=1S/C6H7N.C6H10.C2H6/c7-6-4-2-1-3-5-6;1-3-5-6-4-2;1-2/h1-5H,7H2;3-6H,1-2H3;1-2H3/b;5-3-,6-4-;. The molecule has 0 unspecified atom stereocenters. The highest BCUT2D eigenvalue weighted by Gasteiger charge is 1.72. The number of para-hydroxylation sites is 1.